The molecular weight excluding hydrogens is 503 g/mol. The van der Waals surface area contributed by atoms with Crippen LogP contribution in [0.25, 0.3) is 6.08 Å². The minimum Gasteiger partial charge on any atom is -0.404 e. The van der Waals surface area contributed by atoms with Crippen LogP contribution in [-0.4, -0.2) is 63.5 Å². The molecule has 0 aromatic heterocycles. The summed E-state index contributed by atoms with van der Waals surface area (Å²) in [6, 6.07) is 4.15. The molecule has 0 spiro atoms. The first-order valence-electron chi connectivity index (χ1n) is 11.6. The van der Waals surface area contributed by atoms with Gasteiger partial charge in [-0.2, -0.15) is 0 Å². The van der Waals surface area contributed by atoms with Gasteiger partial charge in [0, 0.05) is 12.6 Å². The topological polar surface area (TPSA) is 188 Å². The van der Waals surface area contributed by atoms with E-state index in [0.717, 1.165) is 0 Å². The molecule has 37 heavy (non-hydrogen) atoms. The first kappa shape index (κ1) is 29.6. The van der Waals surface area contributed by atoms with Gasteiger partial charge in [0.1, 0.15) is 17.8 Å². The van der Waals surface area contributed by atoms with E-state index in [1.165, 1.54) is 41.3 Å². The molecule has 13 heteroatoms. The van der Waals surface area contributed by atoms with Crippen LogP contribution >= 0.6 is 7.82 Å². The SMILES string of the molecule is CC(C)C[C@H](NC(=O)/C=C/c1ccc(OP(=O)(O)O)cc1)C(=O)N1CCC[C@H]1C(=O)NCC#CC(N)=O. The summed E-state index contributed by atoms with van der Waals surface area (Å²) in [5.74, 6) is 2.53. The highest BCUT2D eigenvalue weighted by atomic mass is 31.2. The predicted octanol–water partition coefficient (Wildman–Crippen LogP) is 0.298. The molecule has 6 N–H and O–H groups in total. The molecule has 0 unspecified atom stereocenters. The van der Waals surface area contributed by atoms with Gasteiger partial charge >= 0.3 is 7.82 Å². The van der Waals surface area contributed by atoms with Crippen LogP contribution in [0.15, 0.2) is 30.3 Å². The molecule has 0 saturated carbocycles. The Balaban J connectivity index is 2.04. The van der Waals surface area contributed by atoms with Gasteiger partial charge in [0.25, 0.3) is 5.91 Å². The molecule has 2 atom stereocenters. The van der Waals surface area contributed by atoms with E-state index in [1.54, 1.807) is 0 Å². The molecule has 4 amide bonds. The molecule has 0 radical (unpaired) electrons. The summed E-state index contributed by atoms with van der Waals surface area (Å²) in [6.45, 7) is 4.11. The van der Waals surface area contributed by atoms with E-state index in [9.17, 15) is 23.7 Å². The molecule has 1 aromatic carbocycles. The van der Waals surface area contributed by atoms with Crippen molar-refractivity contribution in [1.29, 1.82) is 0 Å². The first-order chi connectivity index (χ1) is 17.4. The number of nitrogens with zero attached hydrogens (tertiary/aromatic N) is 1. The minimum atomic E-state index is -4.67. The average molecular weight is 535 g/mol. The third kappa shape index (κ3) is 10.5. The molecule has 1 saturated heterocycles. The number of likely N-dealkylation sites (tertiary alicyclic amines) is 1. The monoisotopic (exact) mass is 534 g/mol. The maximum absolute atomic E-state index is 13.3. The van der Waals surface area contributed by atoms with Crippen molar-refractivity contribution < 1.29 is 38.1 Å². The summed E-state index contributed by atoms with van der Waals surface area (Å²) >= 11 is 0. The molecule has 1 fully saturated rings. The van der Waals surface area contributed by atoms with Crippen molar-refractivity contribution >= 4 is 37.5 Å². The Hall–Kier alpha value is -3.65. The van der Waals surface area contributed by atoms with Crippen molar-refractivity contribution in [2.24, 2.45) is 11.7 Å². The fourth-order valence-corrected chi connectivity index (χ4v) is 4.14. The van der Waals surface area contributed by atoms with Crippen molar-refractivity contribution in [1.82, 2.24) is 15.5 Å². The fraction of sp³-hybridized carbons (Fsp3) is 0.417. The zero-order valence-corrected chi connectivity index (χ0v) is 21.4. The minimum absolute atomic E-state index is 0.0263. The summed E-state index contributed by atoms with van der Waals surface area (Å²) in [5.41, 5.74) is 5.50. The highest BCUT2D eigenvalue weighted by molar-refractivity contribution is 7.46. The van der Waals surface area contributed by atoms with Crippen molar-refractivity contribution in [3.63, 3.8) is 0 Å². The lowest BCUT2D eigenvalue weighted by atomic mass is 10.0. The van der Waals surface area contributed by atoms with E-state index in [0.29, 0.717) is 31.4 Å². The van der Waals surface area contributed by atoms with Crippen LogP contribution in [0.3, 0.4) is 0 Å². The van der Waals surface area contributed by atoms with Gasteiger partial charge in [-0.25, -0.2) is 4.57 Å². The summed E-state index contributed by atoms with van der Waals surface area (Å²) < 4.78 is 15.4. The lowest BCUT2D eigenvalue weighted by Crippen LogP contribution is -2.53. The lowest BCUT2D eigenvalue weighted by Gasteiger charge is -2.29. The van der Waals surface area contributed by atoms with E-state index >= 15 is 0 Å². The number of primary amides is 1. The second-order valence-electron chi connectivity index (χ2n) is 8.75. The van der Waals surface area contributed by atoms with Gasteiger partial charge in [-0.3, -0.25) is 29.0 Å². The number of rotatable bonds is 10. The summed E-state index contributed by atoms with van der Waals surface area (Å²) in [7, 11) is -4.67. The zero-order valence-electron chi connectivity index (χ0n) is 20.5. The van der Waals surface area contributed by atoms with E-state index in [1.807, 2.05) is 13.8 Å². The second kappa shape index (κ2) is 13.6. The van der Waals surface area contributed by atoms with E-state index in [2.05, 4.69) is 27.0 Å². The Morgan fingerprint density at radius 3 is 2.51 bits per heavy atom. The number of nitrogens with one attached hydrogen (secondary N) is 2. The third-order valence-corrected chi connectivity index (χ3v) is 5.70. The molecule has 2 rings (SSSR count). The van der Waals surface area contributed by atoms with Crippen LogP contribution in [0.2, 0.25) is 0 Å². The van der Waals surface area contributed by atoms with E-state index in [4.69, 9.17) is 15.5 Å². The number of benzene rings is 1. The van der Waals surface area contributed by atoms with Crippen molar-refractivity contribution in [2.75, 3.05) is 13.1 Å². The third-order valence-electron chi connectivity index (χ3n) is 5.25. The maximum Gasteiger partial charge on any atom is 0.524 e. The first-order valence-corrected chi connectivity index (χ1v) is 13.1. The normalized spacial score (nSPS) is 16.1. The van der Waals surface area contributed by atoms with Crippen LogP contribution < -0.4 is 20.9 Å². The Bertz CT molecular complexity index is 1130. The van der Waals surface area contributed by atoms with Crippen molar-refractivity contribution in [2.45, 2.75) is 45.2 Å². The molecule has 0 aliphatic carbocycles. The van der Waals surface area contributed by atoms with Gasteiger partial charge in [0.05, 0.1) is 6.54 Å². The quantitative estimate of drug-likeness (QED) is 0.161. The zero-order chi connectivity index (χ0) is 27.6. The van der Waals surface area contributed by atoms with Gasteiger partial charge in [0.15, 0.2) is 0 Å². The van der Waals surface area contributed by atoms with Gasteiger partial charge in [0.2, 0.25) is 17.7 Å². The van der Waals surface area contributed by atoms with Crippen LogP contribution in [0.1, 0.15) is 38.7 Å². The highest BCUT2D eigenvalue weighted by Gasteiger charge is 2.37. The predicted molar refractivity (Wildman–Crippen MR) is 134 cm³/mol. The number of phosphoric ester groups is 1. The van der Waals surface area contributed by atoms with Crippen molar-refractivity contribution in [3.05, 3.63) is 35.9 Å². The Morgan fingerprint density at radius 2 is 1.92 bits per heavy atom. The number of carbonyl (C=O) groups is 4. The lowest BCUT2D eigenvalue weighted by molar-refractivity contribution is -0.141. The summed E-state index contributed by atoms with van der Waals surface area (Å²) in [4.78, 5) is 68.3. The van der Waals surface area contributed by atoms with Crippen LogP contribution in [0.4, 0.5) is 0 Å². The maximum atomic E-state index is 13.3. The van der Waals surface area contributed by atoms with Crippen molar-refractivity contribution in [3.8, 4) is 17.6 Å². The molecule has 1 aliphatic heterocycles. The molecule has 1 heterocycles. The number of carbonyl (C=O) groups excluding carboxylic acids is 4. The van der Waals surface area contributed by atoms with Crippen LogP contribution in [0, 0.1) is 17.8 Å². The highest BCUT2D eigenvalue weighted by Crippen LogP contribution is 2.37. The number of amides is 4. The number of hydrogen-bond acceptors (Lipinski definition) is 6. The standard InChI is InChI=1S/C24H31N4O8P/c1-16(2)15-19(24(32)28-14-4-5-20(28)23(31)26-13-3-6-21(25)29)27-22(30)12-9-17-7-10-18(11-8-17)36-37(33,34)35/h7-12,16,19-20H,4-5,13-15H2,1-2H3,(H2,25,29)(H,26,31)(H,27,30)(H2,33,34,35)/b12-9+/t19-,20-/m0/s1. The average Bonchev–Trinajstić information content (AvgIpc) is 3.29. The largest absolute Gasteiger partial charge is 0.524 e. The number of nitrogens with two attached hydrogens (primary N) is 1. The second-order valence-corrected chi connectivity index (χ2v) is 9.91. The van der Waals surface area contributed by atoms with Gasteiger partial charge in [-0.15, -0.1) is 0 Å². The Labute approximate surface area is 214 Å². The Kier molecular flexibility index (Phi) is 10.9. The van der Waals surface area contributed by atoms with Gasteiger partial charge in [-0.1, -0.05) is 31.9 Å². The van der Waals surface area contributed by atoms with Crippen LogP contribution in [-0.2, 0) is 23.7 Å². The smallest absolute Gasteiger partial charge is 0.404 e. The van der Waals surface area contributed by atoms with Gasteiger partial charge < -0.3 is 25.8 Å². The fourth-order valence-electron chi connectivity index (χ4n) is 3.75. The number of phosphoric acid groups is 1. The van der Waals surface area contributed by atoms with E-state index < -0.39 is 37.6 Å². The number of hydrogen-bond donors (Lipinski definition) is 5. The molecular formula is C24H31N4O8P. The molecule has 1 aliphatic rings. The summed E-state index contributed by atoms with van der Waals surface area (Å²) in [5, 5.41) is 5.29. The summed E-state index contributed by atoms with van der Waals surface area (Å²) in [6.07, 6.45) is 4.17. The van der Waals surface area contributed by atoms with Crippen LogP contribution in [0.5, 0.6) is 5.75 Å². The van der Waals surface area contributed by atoms with E-state index in [-0.39, 0.29) is 24.1 Å². The molecule has 1 aromatic rings. The van der Waals surface area contributed by atoms with Gasteiger partial charge in [-0.05, 0) is 54.9 Å². The Morgan fingerprint density at radius 1 is 1.24 bits per heavy atom. The molecule has 12 nitrogen and oxygen atoms in total. The molecule has 200 valence electrons. The molecule has 0 bridgehead atoms.